The zero-order chi connectivity index (χ0) is 17.1. The number of aromatic nitrogens is 2. The van der Waals surface area contributed by atoms with Gasteiger partial charge in [-0.15, -0.1) is 0 Å². The maximum absolute atomic E-state index is 12.4. The predicted molar refractivity (Wildman–Crippen MR) is 93.6 cm³/mol. The maximum Gasteiger partial charge on any atom is 0.242 e. The van der Waals surface area contributed by atoms with Crippen LogP contribution in [0, 0.1) is 6.92 Å². The lowest BCUT2D eigenvalue weighted by Crippen LogP contribution is -2.33. The van der Waals surface area contributed by atoms with Crippen LogP contribution in [0.2, 0.25) is 0 Å². The van der Waals surface area contributed by atoms with E-state index in [4.69, 9.17) is 0 Å². The van der Waals surface area contributed by atoms with Crippen molar-refractivity contribution < 1.29 is 9.90 Å². The Labute approximate surface area is 141 Å². The Morgan fingerprint density at radius 1 is 1.21 bits per heavy atom. The molecule has 2 atom stereocenters. The van der Waals surface area contributed by atoms with E-state index >= 15 is 0 Å². The summed E-state index contributed by atoms with van der Waals surface area (Å²) in [7, 11) is 0. The number of aliphatic hydroxyl groups excluding tert-OH is 1. The fraction of sp³-hybridized carbons (Fsp3) is 0.263. The third-order valence-corrected chi connectivity index (χ3v) is 4.21. The fourth-order valence-corrected chi connectivity index (χ4v) is 2.66. The predicted octanol–water partition coefficient (Wildman–Crippen LogP) is 2.76. The van der Waals surface area contributed by atoms with Gasteiger partial charge < -0.3 is 15.0 Å². The largest absolute Gasteiger partial charge is 0.387 e. The summed E-state index contributed by atoms with van der Waals surface area (Å²) in [6.07, 6.45) is 0.951. The van der Waals surface area contributed by atoms with Crippen LogP contribution in [0.5, 0.6) is 0 Å². The Balaban J connectivity index is 1.65. The Bertz CT molecular complexity index is 839. The van der Waals surface area contributed by atoms with Crippen LogP contribution in [-0.4, -0.2) is 27.1 Å². The van der Waals surface area contributed by atoms with Gasteiger partial charge in [0.15, 0.2) is 0 Å². The van der Waals surface area contributed by atoms with E-state index in [1.807, 2.05) is 66.9 Å². The minimum absolute atomic E-state index is 0.149. The summed E-state index contributed by atoms with van der Waals surface area (Å²) in [4.78, 5) is 16.7. The highest BCUT2D eigenvalue weighted by molar-refractivity contribution is 5.83. The minimum Gasteiger partial charge on any atom is -0.387 e. The average molecular weight is 323 g/mol. The second-order valence-electron chi connectivity index (χ2n) is 5.99. The van der Waals surface area contributed by atoms with Gasteiger partial charge in [-0.25, -0.2) is 4.98 Å². The summed E-state index contributed by atoms with van der Waals surface area (Å²) >= 11 is 0. The van der Waals surface area contributed by atoms with E-state index in [1.54, 1.807) is 6.33 Å². The molecule has 3 rings (SSSR count). The molecule has 0 unspecified atom stereocenters. The number of imidazole rings is 1. The van der Waals surface area contributed by atoms with Crippen molar-refractivity contribution in [3.63, 3.8) is 0 Å². The lowest BCUT2D eigenvalue weighted by Gasteiger charge is -2.17. The van der Waals surface area contributed by atoms with E-state index in [1.165, 1.54) is 0 Å². The Hall–Kier alpha value is -2.66. The van der Waals surface area contributed by atoms with Crippen LogP contribution in [0.4, 0.5) is 0 Å². The van der Waals surface area contributed by atoms with Gasteiger partial charge >= 0.3 is 0 Å². The molecule has 3 aromatic rings. The van der Waals surface area contributed by atoms with Gasteiger partial charge in [-0.1, -0.05) is 42.0 Å². The van der Waals surface area contributed by atoms with E-state index in [2.05, 4.69) is 10.3 Å². The molecule has 0 fully saturated rings. The van der Waals surface area contributed by atoms with Gasteiger partial charge in [0.1, 0.15) is 6.04 Å². The quantitative estimate of drug-likeness (QED) is 0.759. The molecule has 5 heteroatoms. The maximum atomic E-state index is 12.4. The summed E-state index contributed by atoms with van der Waals surface area (Å²) in [6.45, 7) is 4.00. The number of benzene rings is 2. The summed E-state index contributed by atoms with van der Waals surface area (Å²) in [5, 5.41) is 13.0. The fourth-order valence-electron chi connectivity index (χ4n) is 2.66. The second kappa shape index (κ2) is 6.84. The van der Waals surface area contributed by atoms with Crippen LogP contribution in [0.15, 0.2) is 54.9 Å². The van der Waals surface area contributed by atoms with Crippen LogP contribution in [0.1, 0.15) is 30.2 Å². The van der Waals surface area contributed by atoms with Gasteiger partial charge in [0.25, 0.3) is 0 Å². The van der Waals surface area contributed by atoms with Crippen LogP contribution >= 0.6 is 0 Å². The molecule has 0 bridgehead atoms. The number of rotatable bonds is 5. The molecule has 0 spiro atoms. The molecule has 2 aromatic carbocycles. The van der Waals surface area contributed by atoms with Crippen molar-refractivity contribution >= 4 is 16.9 Å². The molecule has 1 heterocycles. The van der Waals surface area contributed by atoms with Crippen molar-refractivity contribution in [1.82, 2.24) is 14.9 Å². The summed E-state index contributed by atoms with van der Waals surface area (Å²) < 4.78 is 1.84. The molecule has 0 saturated carbocycles. The molecule has 5 nitrogen and oxygen atoms in total. The smallest absolute Gasteiger partial charge is 0.242 e. The van der Waals surface area contributed by atoms with Gasteiger partial charge in [0.2, 0.25) is 5.91 Å². The Morgan fingerprint density at radius 2 is 1.92 bits per heavy atom. The highest BCUT2D eigenvalue weighted by atomic mass is 16.3. The molecule has 1 aromatic heterocycles. The zero-order valence-corrected chi connectivity index (χ0v) is 13.8. The summed E-state index contributed by atoms with van der Waals surface area (Å²) in [5.41, 5.74) is 3.70. The first-order valence-corrected chi connectivity index (χ1v) is 8.00. The van der Waals surface area contributed by atoms with Crippen molar-refractivity contribution in [3.8, 4) is 0 Å². The number of para-hydroxylation sites is 2. The van der Waals surface area contributed by atoms with E-state index < -0.39 is 12.1 Å². The number of carbonyl (C=O) groups excluding carboxylic acids is 1. The first kappa shape index (κ1) is 16.2. The van der Waals surface area contributed by atoms with E-state index in [9.17, 15) is 9.90 Å². The highest BCUT2D eigenvalue weighted by Crippen LogP contribution is 2.18. The SMILES string of the molecule is Cc1ccc([C@H](O)CNC(=O)[C@@H](C)n2cnc3ccccc32)cc1. The lowest BCUT2D eigenvalue weighted by atomic mass is 10.1. The second-order valence-corrected chi connectivity index (χ2v) is 5.99. The number of hydrogen-bond acceptors (Lipinski definition) is 3. The number of nitrogens with one attached hydrogen (secondary N) is 1. The number of nitrogens with zero attached hydrogens (tertiary/aromatic N) is 2. The Kier molecular flexibility index (Phi) is 4.62. The number of aliphatic hydroxyl groups is 1. The third-order valence-electron chi connectivity index (χ3n) is 4.21. The van der Waals surface area contributed by atoms with Gasteiger partial charge in [-0.3, -0.25) is 4.79 Å². The van der Waals surface area contributed by atoms with Crippen molar-refractivity contribution in [2.45, 2.75) is 26.0 Å². The average Bonchev–Trinajstić information content (AvgIpc) is 3.03. The van der Waals surface area contributed by atoms with Crippen molar-refractivity contribution in [3.05, 3.63) is 66.0 Å². The number of hydrogen-bond donors (Lipinski definition) is 2. The number of amides is 1. The molecule has 0 aliphatic carbocycles. The molecule has 0 aliphatic heterocycles. The summed E-state index contributed by atoms with van der Waals surface area (Å²) in [6, 6.07) is 14.9. The monoisotopic (exact) mass is 323 g/mol. The molecule has 0 saturated heterocycles. The molecule has 2 N–H and O–H groups in total. The standard InChI is InChI=1S/C19H21N3O2/c1-13-7-9-15(10-8-13)18(23)11-20-19(24)14(2)22-12-21-16-5-3-4-6-17(16)22/h3-10,12,14,18,23H,11H2,1-2H3,(H,20,24)/t14-,18-/m1/s1. The van der Waals surface area contributed by atoms with Crippen LogP contribution in [0.3, 0.4) is 0 Å². The molecule has 0 radical (unpaired) electrons. The normalized spacial score (nSPS) is 13.6. The van der Waals surface area contributed by atoms with E-state index in [0.29, 0.717) is 0 Å². The first-order chi connectivity index (χ1) is 11.6. The van der Waals surface area contributed by atoms with Crippen LogP contribution in [-0.2, 0) is 4.79 Å². The van der Waals surface area contributed by atoms with Gasteiger partial charge in [-0.05, 0) is 31.5 Å². The number of aryl methyl sites for hydroxylation is 1. The van der Waals surface area contributed by atoms with E-state index in [0.717, 1.165) is 22.2 Å². The number of fused-ring (bicyclic) bond motifs is 1. The van der Waals surface area contributed by atoms with Gasteiger partial charge in [-0.2, -0.15) is 0 Å². The van der Waals surface area contributed by atoms with Gasteiger partial charge in [0, 0.05) is 6.54 Å². The molecule has 1 amide bonds. The van der Waals surface area contributed by atoms with E-state index in [-0.39, 0.29) is 12.5 Å². The van der Waals surface area contributed by atoms with Crippen LogP contribution < -0.4 is 5.32 Å². The highest BCUT2D eigenvalue weighted by Gasteiger charge is 2.18. The molecule has 124 valence electrons. The minimum atomic E-state index is -0.721. The van der Waals surface area contributed by atoms with Crippen molar-refractivity contribution in [2.24, 2.45) is 0 Å². The summed E-state index contributed by atoms with van der Waals surface area (Å²) in [5.74, 6) is -0.149. The third kappa shape index (κ3) is 3.31. The van der Waals surface area contributed by atoms with Crippen molar-refractivity contribution in [1.29, 1.82) is 0 Å². The topological polar surface area (TPSA) is 67.2 Å². The molecule has 24 heavy (non-hydrogen) atoms. The lowest BCUT2D eigenvalue weighted by molar-refractivity contribution is -0.124. The van der Waals surface area contributed by atoms with Crippen LogP contribution in [0.25, 0.3) is 11.0 Å². The van der Waals surface area contributed by atoms with Gasteiger partial charge in [0.05, 0.1) is 23.5 Å². The Morgan fingerprint density at radius 3 is 2.67 bits per heavy atom. The molecular weight excluding hydrogens is 302 g/mol. The molecule has 0 aliphatic rings. The first-order valence-electron chi connectivity index (χ1n) is 8.00. The van der Waals surface area contributed by atoms with Crippen molar-refractivity contribution in [2.75, 3.05) is 6.54 Å². The zero-order valence-electron chi connectivity index (χ0n) is 13.8. The number of carbonyl (C=O) groups is 1. The molecular formula is C19H21N3O2.